The molecule has 0 saturated carbocycles. The maximum absolute atomic E-state index is 4.01. The molecule has 0 atom stereocenters. The third kappa shape index (κ3) is 1.85. The molecule has 0 radical (unpaired) electrons. The van der Waals surface area contributed by atoms with E-state index in [9.17, 15) is 0 Å². The summed E-state index contributed by atoms with van der Waals surface area (Å²) in [6.45, 7) is 0. The minimum atomic E-state index is 0. The van der Waals surface area contributed by atoms with Gasteiger partial charge in [0.15, 0.2) is 0 Å². The van der Waals surface area contributed by atoms with Crippen molar-refractivity contribution in [1.82, 2.24) is 0 Å². The van der Waals surface area contributed by atoms with Crippen molar-refractivity contribution in [2.45, 2.75) is 0 Å². The predicted octanol–water partition coefficient (Wildman–Crippen LogP) is 2.67. The predicted molar refractivity (Wildman–Crippen MR) is 56.8 cm³/mol. The second-order valence-electron chi connectivity index (χ2n) is 2.68. The molecule has 0 spiro atoms. The molecule has 1 aliphatic heterocycles. The highest BCUT2D eigenvalue weighted by Crippen LogP contribution is 2.14. The standard InChI is InChI=1S/C11H10N2/c1-2-5-11(6-3-1)13-9-4-7-12-8-10-13/h1-10H/p+1. The average Bonchev–Trinajstić information content (AvgIpc) is 2.47. The Bertz CT molecular complexity index is 339. The quantitative estimate of drug-likeness (QED) is 0.634. The van der Waals surface area contributed by atoms with Crippen LogP contribution in [-0.2, 0) is 0 Å². The number of nitrogens with zero attached hydrogens (tertiary/aromatic N) is 2. The van der Waals surface area contributed by atoms with Gasteiger partial charge in [-0.2, -0.15) is 0 Å². The summed E-state index contributed by atoms with van der Waals surface area (Å²) in [5.74, 6) is 0. The van der Waals surface area contributed by atoms with Crippen molar-refractivity contribution in [3.05, 3.63) is 55.0 Å². The van der Waals surface area contributed by atoms with E-state index in [1.807, 2.05) is 41.6 Å². The SMILES string of the molecule is C1=CN(c2ccccc2)C=CN=C1.[H+]. The highest BCUT2D eigenvalue weighted by molar-refractivity contribution is 5.74. The molecule has 1 aliphatic rings. The molecule has 0 saturated heterocycles. The van der Waals surface area contributed by atoms with E-state index in [-0.39, 0.29) is 1.43 Å². The van der Waals surface area contributed by atoms with Crippen molar-refractivity contribution in [2.75, 3.05) is 4.90 Å². The molecule has 2 nitrogen and oxygen atoms in total. The molecule has 1 aromatic rings. The van der Waals surface area contributed by atoms with Crippen LogP contribution in [-0.4, -0.2) is 6.21 Å². The summed E-state index contributed by atoms with van der Waals surface area (Å²) in [6.07, 6.45) is 9.34. The Balaban J connectivity index is 0.000000980. The Labute approximate surface area is 79.0 Å². The van der Waals surface area contributed by atoms with Crippen LogP contribution in [0.4, 0.5) is 5.69 Å². The van der Waals surface area contributed by atoms with Gasteiger partial charge in [0.25, 0.3) is 0 Å². The van der Waals surface area contributed by atoms with Gasteiger partial charge >= 0.3 is 1.43 Å². The molecular formula is C11H11N2+. The van der Waals surface area contributed by atoms with E-state index in [2.05, 4.69) is 17.1 Å². The van der Waals surface area contributed by atoms with Gasteiger partial charge in [0, 0.05) is 30.5 Å². The Kier molecular flexibility index (Phi) is 2.23. The lowest BCUT2D eigenvalue weighted by atomic mass is 10.3. The van der Waals surface area contributed by atoms with Crippen molar-refractivity contribution in [3.8, 4) is 0 Å². The van der Waals surface area contributed by atoms with Crippen molar-refractivity contribution in [2.24, 2.45) is 4.99 Å². The molecule has 0 aliphatic carbocycles. The van der Waals surface area contributed by atoms with Crippen LogP contribution in [0, 0.1) is 0 Å². The van der Waals surface area contributed by atoms with Gasteiger partial charge in [0.05, 0.1) is 0 Å². The monoisotopic (exact) mass is 171 g/mol. The lowest BCUT2D eigenvalue weighted by Gasteiger charge is -2.13. The minimum absolute atomic E-state index is 0. The number of anilines is 1. The van der Waals surface area contributed by atoms with Gasteiger partial charge < -0.3 is 4.90 Å². The molecule has 1 heterocycles. The van der Waals surface area contributed by atoms with E-state index in [4.69, 9.17) is 0 Å². The van der Waals surface area contributed by atoms with E-state index >= 15 is 0 Å². The zero-order valence-electron chi connectivity index (χ0n) is 8.17. The molecule has 0 N–H and O–H groups in total. The normalized spacial score (nSPS) is 14.6. The largest absolute Gasteiger partial charge is 1.00 e. The number of hydrogen-bond donors (Lipinski definition) is 0. The Morgan fingerprint density at radius 2 is 1.92 bits per heavy atom. The number of benzene rings is 1. The van der Waals surface area contributed by atoms with Crippen molar-refractivity contribution in [1.29, 1.82) is 0 Å². The number of rotatable bonds is 1. The summed E-state index contributed by atoms with van der Waals surface area (Å²) in [5, 5.41) is 0. The molecule has 0 fully saturated rings. The number of allylic oxidation sites excluding steroid dienone is 1. The second-order valence-corrected chi connectivity index (χ2v) is 2.68. The van der Waals surface area contributed by atoms with Crippen LogP contribution in [0.2, 0.25) is 0 Å². The molecule has 1 aromatic carbocycles. The highest BCUT2D eigenvalue weighted by atomic mass is 15.1. The summed E-state index contributed by atoms with van der Waals surface area (Å²) in [6, 6.07) is 10.1. The molecule has 0 unspecified atom stereocenters. The molecule has 0 amide bonds. The van der Waals surface area contributed by atoms with Crippen molar-refractivity contribution in [3.63, 3.8) is 0 Å². The van der Waals surface area contributed by atoms with E-state index in [1.54, 1.807) is 12.4 Å². The Morgan fingerprint density at radius 1 is 1.08 bits per heavy atom. The fourth-order valence-electron chi connectivity index (χ4n) is 1.16. The fraction of sp³-hybridized carbons (Fsp3) is 0. The first-order chi connectivity index (χ1) is 6.47. The Morgan fingerprint density at radius 3 is 2.77 bits per heavy atom. The smallest absolute Gasteiger partial charge is 0.322 e. The minimum Gasteiger partial charge on any atom is -0.322 e. The summed E-state index contributed by atoms with van der Waals surface area (Å²) in [4.78, 5) is 6.03. The van der Waals surface area contributed by atoms with Crippen LogP contribution < -0.4 is 4.90 Å². The van der Waals surface area contributed by atoms with Gasteiger partial charge in [-0.15, -0.1) is 0 Å². The van der Waals surface area contributed by atoms with E-state index in [1.165, 1.54) is 0 Å². The summed E-state index contributed by atoms with van der Waals surface area (Å²) in [7, 11) is 0. The molecular weight excluding hydrogens is 160 g/mol. The second kappa shape index (κ2) is 3.72. The maximum atomic E-state index is 4.01. The fourth-order valence-corrected chi connectivity index (χ4v) is 1.16. The topological polar surface area (TPSA) is 15.6 Å². The van der Waals surface area contributed by atoms with Gasteiger partial charge in [-0.25, -0.2) is 0 Å². The van der Waals surface area contributed by atoms with Gasteiger partial charge in [-0.3, -0.25) is 4.99 Å². The van der Waals surface area contributed by atoms with Crippen LogP contribution in [0.3, 0.4) is 0 Å². The summed E-state index contributed by atoms with van der Waals surface area (Å²) >= 11 is 0. The molecule has 2 heteroatoms. The third-order valence-corrected chi connectivity index (χ3v) is 1.79. The van der Waals surface area contributed by atoms with Gasteiger partial charge in [-0.05, 0) is 18.2 Å². The van der Waals surface area contributed by atoms with Gasteiger partial charge in [-0.1, -0.05) is 18.2 Å². The zero-order chi connectivity index (χ0) is 8.93. The number of hydrogen-bond acceptors (Lipinski definition) is 2. The first kappa shape index (κ1) is 7.80. The van der Waals surface area contributed by atoms with Gasteiger partial charge in [0.2, 0.25) is 0 Å². The van der Waals surface area contributed by atoms with Crippen molar-refractivity contribution >= 4 is 11.9 Å². The van der Waals surface area contributed by atoms with Crippen LogP contribution in [0.15, 0.2) is 60.0 Å². The molecule has 0 aromatic heterocycles. The third-order valence-electron chi connectivity index (χ3n) is 1.79. The van der Waals surface area contributed by atoms with Crippen LogP contribution in [0.5, 0.6) is 0 Å². The summed E-state index contributed by atoms with van der Waals surface area (Å²) in [5.41, 5.74) is 1.14. The van der Waals surface area contributed by atoms with E-state index < -0.39 is 0 Å². The first-order valence-corrected chi connectivity index (χ1v) is 4.17. The van der Waals surface area contributed by atoms with E-state index in [0.717, 1.165) is 5.69 Å². The van der Waals surface area contributed by atoms with E-state index in [0.29, 0.717) is 0 Å². The highest BCUT2D eigenvalue weighted by Gasteiger charge is 1.97. The lowest BCUT2D eigenvalue weighted by Crippen LogP contribution is -2.05. The Hall–Kier alpha value is -1.83. The maximum Gasteiger partial charge on any atom is 1.00 e. The average molecular weight is 171 g/mol. The molecule has 2 rings (SSSR count). The van der Waals surface area contributed by atoms with Crippen LogP contribution in [0.1, 0.15) is 1.43 Å². The van der Waals surface area contributed by atoms with Crippen LogP contribution in [0.25, 0.3) is 0 Å². The summed E-state index contributed by atoms with van der Waals surface area (Å²) < 4.78 is 0. The lowest BCUT2D eigenvalue weighted by molar-refractivity contribution is 1.28. The zero-order valence-corrected chi connectivity index (χ0v) is 7.17. The first-order valence-electron chi connectivity index (χ1n) is 4.17. The number of aliphatic imine (C=N–C) groups is 1. The molecule has 64 valence electrons. The van der Waals surface area contributed by atoms with Gasteiger partial charge in [0.1, 0.15) is 0 Å². The number of para-hydroxylation sites is 1. The van der Waals surface area contributed by atoms with Crippen LogP contribution >= 0.6 is 0 Å². The molecule has 0 bridgehead atoms. The van der Waals surface area contributed by atoms with Crippen molar-refractivity contribution < 1.29 is 1.43 Å². The molecule has 13 heavy (non-hydrogen) atoms.